The van der Waals surface area contributed by atoms with Crippen LogP contribution in [0.15, 0.2) is 48.2 Å². The fourth-order valence-corrected chi connectivity index (χ4v) is 2.41. The standard InChI is InChI=1S/C20H17FO5/c1-12(2)25-19(22)11-24-15-7-8-16-17(10-15)26-18(20(16)23)9-13-3-5-14(21)6-4-13/h3-10,12H,11H2,1-2H3. The molecule has 0 amide bonds. The third-order valence-electron chi connectivity index (χ3n) is 3.53. The number of allylic oxidation sites excluding steroid dienone is 1. The molecule has 0 spiro atoms. The molecule has 5 nitrogen and oxygen atoms in total. The summed E-state index contributed by atoms with van der Waals surface area (Å²) in [4.78, 5) is 23.9. The molecule has 2 aromatic carbocycles. The van der Waals surface area contributed by atoms with E-state index in [1.54, 1.807) is 50.3 Å². The first-order valence-corrected chi connectivity index (χ1v) is 8.08. The first kappa shape index (κ1) is 17.7. The summed E-state index contributed by atoms with van der Waals surface area (Å²) < 4.78 is 28.9. The van der Waals surface area contributed by atoms with E-state index in [-0.39, 0.29) is 30.1 Å². The third-order valence-corrected chi connectivity index (χ3v) is 3.53. The Balaban J connectivity index is 1.72. The van der Waals surface area contributed by atoms with E-state index in [0.717, 1.165) is 0 Å². The number of rotatable bonds is 5. The van der Waals surface area contributed by atoms with Gasteiger partial charge in [0.05, 0.1) is 11.7 Å². The first-order chi connectivity index (χ1) is 12.4. The summed E-state index contributed by atoms with van der Waals surface area (Å²) >= 11 is 0. The largest absolute Gasteiger partial charge is 0.482 e. The van der Waals surface area contributed by atoms with Crippen molar-refractivity contribution < 1.29 is 28.2 Å². The number of carbonyl (C=O) groups excluding carboxylic acids is 2. The van der Waals surface area contributed by atoms with Crippen molar-refractivity contribution in [3.8, 4) is 11.5 Å². The highest BCUT2D eigenvalue weighted by Gasteiger charge is 2.27. The molecule has 0 fully saturated rings. The Morgan fingerprint density at radius 3 is 2.62 bits per heavy atom. The topological polar surface area (TPSA) is 61.8 Å². The van der Waals surface area contributed by atoms with E-state index in [2.05, 4.69) is 0 Å². The summed E-state index contributed by atoms with van der Waals surface area (Å²) in [5, 5.41) is 0. The van der Waals surface area contributed by atoms with E-state index < -0.39 is 5.97 Å². The van der Waals surface area contributed by atoms with Gasteiger partial charge in [-0.2, -0.15) is 0 Å². The van der Waals surface area contributed by atoms with Crippen molar-refractivity contribution in [1.29, 1.82) is 0 Å². The first-order valence-electron chi connectivity index (χ1n) is 8.08. The quantitative estimate of drug-likeness (QED) is 0.603. The lowest BCUT2D eigenvalue weighted by molar-refractivity contribution is -0.149. The molecule has 0 saturated carbocycles. The molecule has 2 aromatic rings. The van der Waals surface area contributed by atoms with Crippen LogP contribution in [-0.2, 0) is 9.53 Å². The molecule has 3 rings (SSSR count). The maximum atomic E-state index is 13.0. The second-order valence-electron chi connectivity index (χ2n) is 5.98. The van der Waals surface area contributed by atoms with Crippen molar-refractivity contribution in [3.05, 3.63) is 65.2 Å². The molecule has 6 heteroatoms. The van der Waals surface area contributed by atoms with Crippen molar-refractivity contribution in [3.63, 3.8) is 0 Å². The smallest absolute Gasteiger partial charge is 0.344 e. The van der Waals surface area contributed by atoms with Gasteiger partial charge in [-0.3, -0.25) is 4.79 Å². The molecule has 134 valence electrons. The monoisotopic (exact) mass is 356 g/mol. The van der Waals surface area contributed by atoms with Crippen LogP contribution in [-0.4, -0.2) is 24.5 Å². The number of fused-ring (bicyclic) bond motifs is 1. The lowest BCUT2D eigenvalue weighted by Crippen LogP contribution is -2.18. The predicted octanol–water partition coefficient (Wildman–Crippen LogP) is 3.77. The van der Waals surface area contributed by atoms with Gasteiger partial charge in [0.15, 0.2) is 12.4 Å². The lowest BCUT2D eigenvalue weighted by Gasteiger charge is -2.09. The number of Topliss-reactive ketones (excluding diaryl/α,β-unsaturated/α-hetero) is 1. The second-order valence-corrected chi connectivity index (χ2v) is 5.98. The van der Waals surface area contributed by atoms with E-state index in [4.69, 9.17) is 14.2 Å². The van der Waals surface area contributed by atoms with Gasteiger partial charge in [0.2, 0.25) is 5.78 Å². The minimum atomic E-state index is -0.477. The van der Waals surface area contributed by atoms with Gasteiger partial charge >= 0.3 is 5.97 Å². The van der Waals surface area contributed by atoms with Crippen LogP contribution in [0.2, 0.25) is 0 Å². The zero-order valence-electron chi connectivity index (χ0n) is 14.3. The Hall–Kier alpha value is -3.15. The summed E-state index contributed by atoms with van der Waals surface area (Å²) in [6.45, 7) is 3.27. The fourth-order valence-electron chi connectivity index (χ4n) is 2.41. The lowest BCUT2D eigenvalue weighted by atomic mass is 10.1. The minimum Gasteiger partial charge on any atom is -0.482 e. The number of ether oxygens (including phenoxy) is 3. The molecule has 0 radical (unpaired) electrons. The third kappa shape index (κ3) is 4.08. The van der Waals surface area contributed by atoms with E-state index in [0.29, 0.717) is 22.6 Å². The zero-order chi connectivity index (χ0) is 18.7. The number of benzene rings is 2. The summed E-state index contributed by atoms with van der Waals surface area (Å²) in [7, 11) is 0. The van der Waals surface area contributed by atoms with E-state index >= 15 is 0 Å². The molecule has 1 aliphatic rings. The van der Waals surface area contributed by atoms with E-state index in [9.17, 15) is 14.0 Å². The molecule has 0 bridgehead atoms. The average molecular weight is 356 g/mol. The average Bonchev–Trinajstić information content (AvgIpc) is 2.90. The predicted molar refractivity (Wildman–Crippen MR) is 92.5 cm³/mol. The number of carbonyl (C=O) groups is 2. The fraction of sp³-hybridized carbons (Fsp3) is 0.200. The van der Waals surface area contributed by atoms with Crippen LogP contribution in [0.1, 0.15) is 29.8 Å². The zero-order valence-corrected chi connectivity index (χ0v) is 14.3. The highest BCUT2D eigenvalue weighted by Crippen LogP contribution is 2.34. The van der Waals surface area contributed by atoms with Crippen LogP contribution < -0.4 is 9.47 Å². The van der Waals surface area contributed by atoms with Gasteiger partial charge in [-0.05, 0) is 49.8 Å². The Morgan fingerprint density at radius 1 is 1.19 bits per heavy atom. The van der Waals surface area contributed by atoms with Gasteiger partial charge in [0.25, 0.3) is 0 Å². The molecular weight excluding hydrogens is 339 g/mol. The molecule has 0 aromatic heterocycles. The van der Waals surface area contributed by atoms with Gasteiger partial charge in [-0.25, -0.2) is 9.18 Å². The summed E-state index contributed by atoms with van der Waals surface area (Å²) in [6.07, 6.45) is 1.33. The van der Waals surface area contributed by atoms with Crippen LogP contribution in [0.5, 0.6) is 11.5 Å². The molecule has 0 saturated heterocycles. The summed E-state index contributed by atoms with van der Waals surface area (Å²) in [5.41, 5.74) is 1.05. The molecule has 1 heterocycles. The molecule has 0 atom stereocenters. The Labute approximate surface area is 150 Å². The SMILES string of the molecule is CC(C)OC(=O)COc1ccc2c(c1)OC(=Cc1ccc(F)cc1)C2=O. The van der Waals surface area contributed by atoms with Crippen LogP contribution in [0.3, 0.4) is 0 Å². The van der Waals surface area contributed by atoms with Crippen molar-refractivity contribution in [2.24, 2.45) is 0 Å². The van der Waals surface area contributed by atoms with Crippen molar-refractivity contribution >= 4 is 17.8 Å². The van der Waals surface area contributed by atoms with Gasteiger partial charge in [-0.1, -0.05) is 12.1 Å². The van der Waals surface area contributed by atoms with Crippen LogP contribution in [0, 0.1) is 5.82 Å². The van der Waals surface area contributed by atoms with Crippen molar-refractivity contribution in [2.45, 2.75) is 20.0 Å². The van der Waals surface area contributed by atoms with Gasteiger partial charge < -0.3 is 14.2 Å². The molecule has 26 heavy (non-hydrogen) atoms. The normalized spacial score (nSPS) is 14.3. The van der Waals surface area contributed by atoms with Gasteiger partial charge in [0.1, 0.15) is 17.3 Å². The highest BCUT2D eigenvalue weighted by atomic mass is 19.1. The minimum absolute atomic E-state index is 0.142. The number of hydrogen-bond acceptors (Lipinski definition) is 5. The number of halogens is 1. The Morgan fingerprint density at radius 2 is 1.92 bits per heavy atom. The maximum absolute atomic E-state index is 13.0. The number of hydrogen-bond donors (Lipinski definition) is 0. The van der Waals surface area contributed by atoms with Gasteiger partial charge in [-0.15, -0.1) is 0 Å². The van der Waals surface area contributed by atoms with E-state index in [1.807, 2.05) is 0 Å². The van der Waals surface area contributed by atoms with Crippen molar-refractivity contribution in [1.82, 2.24) is 0 Å². The molecule has 0 N–H and O–H groups in total. The van der Waals surface area contributed by atoms with Crippen LogP contribution in [0.25, 0.3) is 6.08 Å². The molecule has 0 unspecified atom stereocenters. The van der Waals surface area contributed by atoms with Crippen LogP contribution >= 0.6 is 0 Å². The Bertz CT molecular complexity index is 868. The summed E-state index contributed by atoms with van der Waals surface area (Å²) in [6, 6.07) is 10.4. The van der Waals surface area contributed by atoms with Crippen LogP contribution in [0.4, 0.5) is 4.39 Å². The highest BCUT2D eigenvalue weighted by molar-refractivity contribution is 6.14. The maximum Gasteiger partial charge on any atom is 0.344 e. The number of ketones is 1. The number of esters is 1. The van der Waals surface area contributed by atoms with Crippen molar-refractivity contribution in [2.75, 3.05) is 6.61 Å². The van der Waals surface area contributed by atoms with Gasteiger partial charge in [0, 0.05) is 6.07 Å². The second kappa shape index (κ2) is 7.39. The molecular formula is C20H17FO5. The Kier molecular flexibility index (Phi) is 5.02. The molecule has 0 aliphatic carbocycles. The van der Waals surface area contributed by atoms with E-state index in [1.165, 1.54) is 12.1 Å². The summed E-state index contributed by atoms with van der Waals surface area (Å²) in [5.74, 6) is -0.224. The molecule has 1 aliphatic heterocycles.